The topological polar surface area (TPSA) is 60.9 Å². The zero-order valence-corrected chi connectivity index (χ0v) is 15.6. The minimum absolute atomic E-state index is 0.540. The lowest BCUT2D eigenvalue weighted by molar-refractivity contribution is 0.738. The van der Waals surface area contributed by atoms with Crippen molar-refractivity contribution >= 4 is 46.8 Å². The van der Waals surface area contributed by atoms with Crippen LogP contribution >= 0.6 is 35.0 Å². The second-order valence-electron chi connectivity index (χ2n) is 5.47. The molecule has 1 aromatic carbocycles. The summed E-state index contributed by atoms with van der Waals surface area (Å²) in [4.78, 5) is 0.914. The molecule has 0 aliphatic carbocycles. The Morgan fingerprint density at radius 3 is 2.76 bits per heavy atom. The van der Waals surface area contributed by atoms with Gasteiger partial charge < -0.3 is 0 Å². The standard InChI is InChI=1S/C16H12Cl2N6S/c1-9-20-21-16-24(9)22-15(12-4-3-11(17)6-13(12)18)14(25-16)5-10-7-19-23(2)8-10/h3-8H,1-2H3/b14-5-. The molecule has 0 spiro atoms. The quantitative estimate of drug-likeness (QED) is 0.662. The van der Waals surface area contributed by atoms with Crippen LogP contribution in [0, 0.1) is 6.92 Å². The summed E-state index contributed by atoms with van der Waals surface area (Å²) in [5.74, 6) is 0.713. The number of benzene rings is 1. The van der Waals surface area contributed by atoms with Crippen LogP contribution in [-0.2, 0) is 7.05 Å². The van der Waals surface area contributed by atoms with Crippen molar-refractivity contribution in [3.63, 3.8) is 0 Å². The maximum absolute atomic E-state index is 6.42. The Bertz CT molecular complexity index is 1030. The van der Waals surface area contributed by atoms with E-state index < -0.39 is 0 Å². The van der Waals surface area contributed by atoms with Crippen molar-refractivity contribution in [3.8, 4) is 0 Å². The molecule has 126 valence electrons. The van der Waals surface area contributed by atoms with E-state index in [1.54, 1.807) is 27.7 Å². The number of nitrogens with zero attached hydrogens (tertiary/aromatic N) is 6. The van der Waals surface area contributed by atoms with Crippen LogP contribution in [0.2, 0.25) is 10.0 Å². The highest BCUT2D eigenvalue weighted by atomic mass is 35.5. The molecule has 0 saturated carbocycles. The Hall–Kier alpha value is -2.09. The highest BCUT2D eigenvalue weighted by Gasteiger charge is 2.24. The normalized spacial score (nSPS) is 15.4. The Morgan fingerprint density at radius 2 is 2.04 bits per heavy atom. The Labute approximate surface area is 158 Å². The van der Waals surface area contributed by atoms with Gasteiger partial charge in [0.1, 0.15) is 5.71 Å². The molecule has 0 amide bonds. The van der Waals surface area contributed by atoms with E-state index in [1.807, 2.05) is 32.3 Å². The lowest BCUT2D eigenvalue weighted by Gasteiger charge is -2.17. The summed E-state index contributed by atoms with van der Waals surface area (Å²) in [6.07, 6.45) is 5.73. The van der Waals surface area contributed by atoms with Gasteiger partial charge in [0.2, 0.25) is 5.16 Å². The smallest absolute Gasteiger partial charge is 0.216 e. The van der Waals surface area contributed by atoms with Crippen LogP contribution in [0.15, 0.2) is 45.8 Å². The fraction of sp³-hybridized carbons (Fsp3) is 0.125. The van der Waals surface area contributed by atoms with Crippen molar-refractivity contribution in [1.29, 1.82) is 0 Å². The number of aryl methyl sites for hydroxylation is 2. The SMILES string of the molecule is Cc1nnc2n1N=C(c1ccc(Cl)cc1Cl)/C(=C/c1cnn(C)c1)S2. The molecule has 0 unspecified atom stereocenters. The molecular formula is C16H12Cl2N6S. The minimum Gasteiger partial charge on any atom is -0.275 e. The highest BCUT2D eigenvalue weighted by molar-refractivity contribution is 8.04. The molecule has 2 aromatic heterocycles. The van der Waals surface area contributed by atoms with Gasteiger partial charge in [-0.1, -0.05) is 23.2 Å². The maximum Gasteiger partial charge on any atom is 0.216 e. The second-order valence-corrected chi connectivity index (χ2v) is 7.33. The average molecular weight is 391 g/mol. The lowest BCUT2D eigenvalue weighted by atomic mass is 10.1. The van der Waals surface area contributed by atoms with Gasteiger partial charge >= 0.3 is 0 Å². The first-order valence-corrected chi connectivity index (χ1v) is 8.93. The van der Waals surface area contributed by atoms with Crippen LogP contribution in [-0.4, -0.2) is 30.4 Å². The summed E-state index contributed by atoms with van der Waals surface area (Å²) in [7, 11) is 1.88. The molecule has 0 radical (unpaired) electrons. The van der Waals surface area contributed by atoms with Gasteiger partial charge in [0.25, 0.3) is 0 Å². The van der Waals surface area contributed by atoms with Crippen molar-refractivity contribution in [3.05, 3.63) is 62.5 Å². The Morgan fingerprint density at radius 1 is 1.20 bits per heavy atom. The van der Waals surface area contributed by atoms with E-state index in [0.29, 0.717) is 21.0 Å². The molecule has 0 atom stereocenters. The first-order valence-electron chi connectivity index (χ1n) is 7.36. The van der Waals surface area contributed by atoms with E-state index in [2.05, 4.69) is 15.3 Å². The second kappa shape index (κ2) is 6.33. The van der Waals surface area contributed by atoms with Gasteiger partial charge in [-0.15, -0.1) is 10.2 Å². The van der Waals surface area contributed by atoms with Gasteiger partial charge in [0.05, 0.1) is 11.2 Å². The summed E-state index contributed by atoms with van der Waals surface area (Å²) in [5.41, 5.74) is 2.51. The summed E-state index contributed by atoms with van der Waals surface area (Å²) in [5, 5.41) is 19.0. The van der Waals surface area contributed by atoms with Gasteiger partial charge in [-0.3, -0.25) is 4.68 Å². The summed E-state index contributed by atoms with van der Waals surface area (Å²) in [6.45, 7) is 1.86. The van der Waals surface area contributed by atoms with Crippen molar-refractivity contribution in [1.82, 2.24) is 24.7 Å². The minimum atomic E-state index is 0.540. The maximum atomic E-state index is 6.42. The molecule has 1 aliphatic heterocycles. The number of fused-ring (bicyclic) bond motifs is 1. The number of halogens is 2. The Kier molecular flexibility index (Phi) is 4.15. The summed E-state index contributed by atoms with van der Waals surface area (Å²) < 4.78 is 3.46. The predicted molar refractivity (Wildman–Crippen MR) is 100 cm³/mol. The van der Waals surface area contributed by atoms with Crippen molar-refractivity contribution in [2.75, 3.05) is 0 Å². The lowest BCUT2D eigenvalue weighted by Crippen LogP contribution is -2.13. The molecule has 0 saturated heterocycles. The first kappa shape index (κ1) is 16.4. The van der Waals surface area contributed by atoms with E-state index in [-0.39, 0.29) is 0 Å². The van der Waals surface area contributed by atoms with E-state index in [1.165, 1.54) is 11.8 Å². The molecule has 4 rings (SSSR count). The van der Waals surface area contributed by atoms with Gasteiger partial charge in [-0.25, -0.2) is 0 Å². The number of hydrogen-bond acceptors (Lipinski definition) is 5. The van der Waals surface area contributed by atoms with Crippen molar-refractivity contribution in [2.24, 2.45) is 12.1 Å². The van der Waals surface area contributed by atoms with Gasteiger partial charge in [-0.05, 0) is 43.0 Å². The molecule has 6 nitrogen and oxygen atoms in total. The van der Waals surface area contributed by atoms with Crippen LogP contribution in [0.4, 0.5) is 0 Å². The van der Waals surface area contributed by atoms with E-state index in [0.717, 1.165) is 21.7 Å². The largest absolute Gasteiger partial charge is 0.275 e. The van der Waals surface area contributed by atoms with Crippen LogP contribution in [0.5, 0.6) is 0 Å². The van der Waals surface area contributed by atoms with Crippen LogP contribution in [0.25, 0.3) is 6.08 Å². The number of allylic oxidation sites excluding steroid dienone is 1. The third-order valence-electron chi connectivity index (χ3n) is 3.61. The van der Waals surface area contributed by atoms with Gasteiger partial charge in [0, 0.05) is 34.3 Å². The number of thioether (sulfide) groups is 1. The van der Waals surface area contributed by atoms with E-state index in [4.69, 9.17) is 28.3 Å². The molecule has 0 bridgehead atoms. The average Bonchev–Trinajstić information content (AvgIpc) is 3.13. The molecule has 3 aromatic rings. The third-order valence-corrected chi connectivity index (χ3v) is 5.13. The fourth-order valence-corrected chi connectivity index (χ4v) is 3.92. The molecule has 9 heteroatoms. The van der Waals surface area contributed by atoms with Gasteiger partial charge in [0.15, 0.2) is 5.82 Å². The van der Waals surface area contributed by atoms with Crippen molar-refractivity contribution < 1.29 is 0 Å². The van der Waals surface area contributed by atoms with E-state index >= 15 is 0 Å². The molecule has 0 fully saturated rings. The number of aromatic nitrogens is 5. The number of rotatable bonds is 2. The molecular weight excluding hydrogens is 379 g/mol. The zero-order valence-electron chi connectivity index (χ0n) is 13.3. The molecule has 0 N–H and O–H groups in total. The summed E-state index contributed by atoms with van der Waals surface area (Å²) in [6, 6.07) is 5.37. The first-order chi connectivity index (χ1) is 12.0. The number of hydrogen-bond donors (Lipinski definition) is 0. The van der Waals surface area contributed by atoms with Crippen LogP contribution in [0.3, 0.4) is 0 Å². The highest BCUT2D eigenvalue weighted by Crippen LogP contribution is 2.36. The van der Waals surface area contributed by atoms with Gasteiger partial charge in [-0.2, -0.15) is 14.9 Å². The Balaban J connectivity index is 1.89. The van der Waals surface area contributed by atoms with E-state index in [9.17, 15) is 0 Å². The molecule has 1 aliphatic rings. The fourth-order valence-electron chi connectivity index (χ4n) is 2.45. The predicted octanol–water partition coefficient (Wildman–Crippen LogP) is 4.03. The molecule has 3 heterocycles. The summed E-state index contributed by atoms with van der Waals surface area (Å²) >= 11 is 13.9. The van der Waals surface area contributed by atoms with Crippen LogP contribution < -0.4 is 0 Å². The zero-order chi connectivity index (χ0) is 17.6. The van der Waals surface area contributed by atoms with Crippen molar-refractivity contribution in [2.45, 2.75) is 12.1 Å². The molecule has 25 heavy (non-hydrogen) atoms. The third kappa shape index (κ3) is 3.10. The monoisotopic (exact) mass is 390 g/mol. The van der Waals surface area contributed by atoms with Crippen LogP contribution in [0.1, 0.15) is 17.0 Å².